The van der Waals surface area contributed by atoms with E-state index in [1.54, 1.807) is 6.92 Å². The van der Waals surface area contributed by atoms with Crippen molar-refractivity contribution in [1.29, 1.82) is 0 Å². The summed E-state index contributed by atoms with van der Waals surface area (Å²) in [7, 11) is 0. The van der Waals surface area contributed by atoms with Crippen LogP contribution >= 0.6 is 0 Å². The van der Waals surface area contributed by atoms with Gasteiger partial charge in [-0.25, -0.2) is 0 Å². The first-order chi connectivity index (χ1) is 5.53. The second-order valence-electron chi connectivity index (χ2n) is 5.18. The van der Waals surface area contributed by atoms with Gasteiger partial charge in [-0.15, -0.1) is 0 Å². The van der Waals surface area contributed by atoms with Gasteiger partial charge < -0.3 is 0 Å². The molecular weight excluding hydrogens is 148 g/mol. The van der Waals surface area contributed by atoms with E-state index in [4.69, 9.17) is 0 Å². The van der Waals surface area contributed by atoms with E-state index in [1.165, 1.54) is 19.3 Å². The average Bonchev–Trinajstić information content (AvgIpc) is 2.41. The van der Waals surface area contributed by atoms with Gasteiger partial charge >= 0.3 is 0 Å². The molecule has 2 aliphatic carbocycles. The van der Waals surface area contributed by atoms with Gasteiger partial charge in [-0.2, -0.15) is 0 Å². The molecule has 1 nitrogen and oxygen atoms in total. The van der Waals surface area contributed by atoms with E-state index in [2.05, 4.69) is 13.8 Å². The summed E-state index contributed by atoms with van der Waals surface area (Å²) in [4.78, 5) is 11.5. The van der Waals surface area contributed by atoms with Crippen molar-refractivity contribution >= 4 is 5.78 Å². The lowest BCUT2D eigenvalue weighted by Gasteiger charge is -2.36. The highest BCUT2D eigenvalue weighted by Crippen LogP contribution is 2.59. The number of carbonyl (C=O) groups is 1. The van der Waals surface area contributed by atoms with Gasteiger partial charge in [0.25, 0.3) is 0 Å². The summed E-state index contributed by atoms with van der Waals surface area (Å²) in [5.41, 5.74) is 0.300. The summed E-state index contributed by atoms with van der Waals surface area (Å²) < 4.78 is 0. The Morgan fingerprint density at radius 1 is 1.33 bits per heavy atom. The van der Waals surface area contributed by atoms with Crippen molar-refractivity contribution in [2.24, 2.45) is 23.2 Å². The number of hydrogen-bond acceptors (Lipinski definition) is 1. The van der Waals surface area contributed by atoms with Crippen molar-refractivity contribution in [1.82, 2.24) is 0 Å². The van der Waals surface area contributed by atoms with E-state index in [1.807, 2.05) is 0 Å². The van der Waals surface area contributed by atoms with Gasteiger partial charge in [-0.1, -0.05) is 13.8 Å². The van der Waals surface area contributed by atoms with Crippen LogP contribution < -0.4 is 0 Å². The smallest absolute Gasteiger partial charge is 0.133 e. The molecule has 2 aliphatic rings. The van der Waals surface area contributed by atoms with Gasteiger partial charge in [-0.3, -0.25) is 4.79 Å². The van der Waals surface area contributed by atoms with Crippen LogP contribution in [-0.4, -0.2) is 5.78 Å². The molecule has 2 rings (SSSR count). The number of Topliss-reactive ketones (excluding diaryl/α,β-unsaturated/α-hetero) is 1. The zero-order valence-corrected chi connectivity index (χ0v) is 8.26. The monoisotopic (exact) mass is 166 g/mol. The van der Waals surface area contributed by atoms with Crippen LogP contribution in [0.4, 0.5) is 0 Å². The van der Waals surface area contributed by atoms with Gasteiger partial charge in [0.2, 0.25) is 0 Å². The molecular formula is C11H18O. The zero-order chi connectivity index (χ0) is 8.93. The second kappa shape index (κ2) is 2.34. The Hall–Kier alpha value is -0.330. The minimum Gasteiger partial charge on any atom is -0.300 e. The Balaban J connectivity index is 2.29. The Labute approximate surface area is 74.5 Å². The SMILES string of the molecule is CC(=O)[C@@H]1[C@H]2CC[C@@H](C2)C1(C)C. The number of rotatable bonds is 1. The first-order valence-electron chi connectivity index (χ1n) is 5.04. The van der Waals surface area contributed by atoms with E-state index in [0.717, 1.165) is 11.8 Å². The van der Waals surface area contributed by atoms with E-state index in [9.17, 15) is 4.79 Å². The summed E-state index contributed by atoms with van der Waals surface area (Å²) in [6.07, 6.45) is 3.98. The van der Waals surface area contributed by atoms with Gasteiger partial charge in [0.1, 0.15) is 5.78 Å². The molecule has 0 aromatic heterocycles. The van der Waals surface area contributed by atoms with E-state index < -0.39 is 0 Å². The maximum atomic E-state index is 11.5. The number of fused-ring (bicyclic) bond motifs is 2. The van der Waals surface area contributed by atoms with Crippen molar-refractivity contribution in [2.75, 3.05) is 0 Å². The lowest BCUT2D eigenvalue weighted by molar-refractivity contribution is -0.126. The first-order valence-corrected chi connectivity index (χ1v) is 5.04. The highest BCUT2D eigenvalue weighted by atomic mass is 16.1. The molecule has 0 aromatic rings. The Morgan fingerprint density at radius 2 is 2.00 bits per heavy atom. The fourth-order valence-corrected chi connectivity index (χ4v) is 3.71. The third kappa shape index (κ3) is 0.884. The number of carbonyl (C=O) groups excluding carboxylic acids is 1. The molecule has 0 unspecified atom stereocenters. The van der Waals surface area contributed by atoms with E-state index in [0.29, 0.717) is 17.1 Å². The van der Waals surface area contributed by atoms with Gasteiger partial charge in [0.05, 0.1) is 0 Å². The van der Waals surface area contributed by atoms with E-state index in [-0.39, 0.29) is 0 Å². The van der Waals surface area contributed by atoms with Crippen molar-refractivity contribution in [3.05, 3.63) is 0 Å². The molecule has 1 heteroatoms. The largest absolute Gasteiger partial charge is 0.300 e. The minimum absolute atomic E-state index is 0.300. The predicted molar refractivity (Wildman–Crippen MR) is 48.8 cm³/mol. The third-order valence-electron chi connectivity index (χ3n) is 4.24. The van der Waals surface area contributed by atoms with Crippen LogP contribution in [-0.2, 0) is 4.79 Å². The van der Waals surface area contributed by atoms with Crippen molar-refractivity contribution < 1.29 is 4.79 Å². The third-order valence-corrected chi connectivity index (χ3v) is 4.24. The molecule has 0 N–H and O–H groups in total. The molecule has 2 saturated carbocycles. The van der Waals surface area contributed by atoms with Crippen molar-refractivity contribution in [3.63, 3.8) is 0 Å². The topological polar surface area (TPSA) is 17.1 Å². The minimum atomic E-state index is 0.300. The molecule has 0 saturated heterocycles. The van der Waals surface area contributed by atoms with Crippen LogP contribution in [0, 0.1) is 23.2 Å². The lowest BCUT2D eigenvalue weighted by atomic mass is 9.67. The predicted octanol–water partition coefficient (Wildman–Crippen LogP) is 2.65. The van der Waals surface area contributed by atoms with Gasteiger partial charge in [0, 0.05) is 5.92 Å². The van der Waals surface area contributed by atoms with Gasteiger partial charge in [-0.05, 0) is 43.4 Å². The molecule has 0 aliphatic heterocycles. The number of hydrogen-bond donors (Lipinski definition) is 0. The molecule has 0 amide bonds. The summed E-state index contributed by atoms with van der Waals surface area (Å²) >= 11 is 0. The highest BCUT2D eigenvalue weighted by molar-refractivity contribution is 5.80. The first kappa shape index (κ1) is 8.28. The molecule has 0 spiro atoms. The average molecular weight is 166 g/mol. The van der Waals surface area contributed by atoms with Crippen LogP contribution in [0.15, 0.2) is 0 Å². The van der Waals surface area contributed by atoms with Crippen LogP contribution in [0.5, 0.6) is 0 Å². The van der Waals surface area contributed by atoms with Crippen molar-refractivity contribution in [3.8, 4) is 0 Å². The summed E-state index contributed by atoms with van der Waals surface area (Å²) in [5, 5.41) is 0. The number of ketones is 1. The molecule has 68 valence electrons. The Kier molecular flexibility index (Phi) is 1.61. The van der Waals surface area contributed by atoms with E-state index >= 15 is 0 Å². The fraction of sp³-hybridized carbons (Fsp3) is 0.909. The van der Waals surface area contributed by atoms with Crippen LogP contribution in [0.1, 0.15) is 40.0 Å². The van der Waals surface area contributed by atoms with Crippen molar-refractivity contribution in [2.45, 2.75) is 40.0 Å². The summed E-state index contributed by atoms with van der Waals surface area (Å²) in [6.45, 7) is 6.33. The maximum absolute atomic E-state index is 11.5. The standard InChI is InChI=1S/C11H18O/c1-7(12)10-8-4-5-9(6-8)11(10,2)3/h8-10H,4-6H2,1-3H3/t8-,9-,10+/m0/s1. The lowest BCUT2D eigenvalue weighted by Crippen LogP contribution is -2.35. The fourth-order valence-electron chi connectivity index (χ4n) is 3.71. The zero-order valence-electron chi connectivity index (χ0n) is 8.26. The molecule has 0 heterocycles. The summed E-state index contributed by atoms with van der Waals surface area (Å²) in [6, 6.07) is 0. The second-order valence-corrected chi connectivity index (χ2v) is 5.18. The molecule has 0 radical (unpaired) electrons. The van der Waals surface area contributed by atoms with Crippen LogP contribution in [0.3, 0.4) is 0 Å². The Bertz CT molecular complexity index is 217. The molecule has 3 atom stereocenters. The highest BCUT2D eigenvalue weighted by Gasteiger charge is 2.54. The molecule has 2 fully saturated rings. The van der Waals surface area contributed by atoms with Crippen LogP contribution in [0.2, 0.25) is 0 Å². The normalized spacial score (nSPS) is 43.4. The molecule has 2 bridgehead atoms. The maximum Gasteiger partial charge on any atom is 0.133 e. The molecule has 12 heavy (non-hydrogen) atoms. The van der Waals surface area contributed by atoms with Gasteiger partial charge in [0.15, 0.2) is 0 Å². The molecule has 0 aromatic carbocycles. The van der Waals surface area contributed by atoms with Crippen LogP contribution in [0.25, 0.3) is 0 Å². The summed E-state index contributed by atoms with van der Waals surface area (Å²) in [5.74, 6) is 2.35. The Morgan fingerprint density at radius 3 is 2.33 bits per heavy atom. The quantitative estimate of drug-likeness (QED) is 0.585.